The molecule has 0 fully saturated rings. The summed E-state index contributed by atoms with van der Waals surface area (Å²) in [6, 6.07) is 5.40. The third-order valence-corrected chi connectivity index (χ3v) is 3.65. The Balaban J connectivity index is 2.37. The molecule has 0 aliphatic heterocycles. The number of ether oxygens (including phenoxy) is 1. The molecule has 21 heavy (non-hydrogen) atoms. The highest BCUT2D eigenvalue weighted by Gasteiger charge is 2.15. The van der Waals surface area contributed by atoms with E-state index in [9.17, 15) is 9.90 Å². The molecule has 4 heteroatoms. The molecule has 0 saturated heterocycles. The molecule has 0 bridgehead atoms. The summed E-state index contributed by atoms with van der Waals surface area (Å²) in [5, 5.41) is 18.0. The average Bonchev–Trinajstić information content (AvgIpc) is 2.49. The van der Waals surface area contributed by atoms with Crippen LogP contribution < -0.4 is 4.74 Å². The molecule has 0 unspecified atom stereocenters. The van der Waals surface area contributed by atoms with E-state index in [-0.39, 0.29) is 6.61 Å². The number of carboxylic acid groups (broad SMARTS) is 1. The number of rotatable bonds is 11. The molecule has 2 N–H and O–H groups in total. The number of carbonyl (C=O) groups is 1. The van der Waals surface area contributed by atoms with Crippen LogP contribution in [0.2, 0.25) is 0 Å². The van der Waals surface area contributed by atoms with Crippen LogP contribution in [0.5, 0.6) is 5.75 Å². The van der Waals surface area contributed by atoms with E-state index in [0.717, 1.165) is 44.1 Å². The summed E-state index contributed by atoms with van der Waals surface area (Å²) in [5.41, 5.74) is 1.14. The minimum absolute atomic E-state index is 0.286. The number of aryl methyl sites for hydroxylation is 1. The van der Waals surface area contributed by atoms with Crippen LogP contribution in [-0.2, 0) is 6.42 Å². The van der Waals surface area contributed by atoms with Gasteiger partial charge in [0.1, 0.15) is 11.3 Å². The van der Waals surface area contributed by atoms with E-state index < -0.39 is 5.97 Å². The van der Waals surface area contributed by atoms with Crippen molar-refractivity contribution in [3.8, 4) is 5.75 Å². The van der Waals surface area contributed by atoms with Crippen molar-refractivity contribution in [2.75, 3.05) is 13.7 Å². The lowest BCUT2D eigenvalue weighted by Gasteiger charge is -2.10. The molecule has 0 atom stereocenters. The third-order valence-electron chi connectivity index (χ3n) is 3.65. The van der Waals surface area contributed by atoms with Crippen LogP contribution in [0.15, 0.2) is 18.2 Å². The highest BCUT2D eigenvalue weighted by Crippen LogP contribution is 2.24. The minimum Gasteiger partial charge on any atom is -0.496 e. The van der Waals surface area contributed by atoms with Gasteiger partial charge in [-0.05, 0) is 30.9 Å². The van der Waals surface area contributed by atoms with Gasteiger partial charge in [0.25, 0.3) is 0 Å². The van der Waals surface area contributed by atoms with Crippen LogP contribution in [0, 0.1) is 0 Å². The summed E-state index contributed by atoms with van der Waals surface area (Å²) in [6.07, 6.45) is 8.38. The topological polar surface area (TPSA) is 66.8 Å². The summed E-state index contributed by atoms with van der Waals surface area (Å²) < 4.78 is 5.13. The standard InChI is InChI=1S/C17H26O4/c1-21-15-12-9-11-14(16(15)17(19)20)10-7-5-3-2-4-6-8-13-18/h9,11-12,18H,2-8,10,13H2,1H3,(H,19,20). The van der Waals surface area contributed by atoms with E-state index in [1.165, 1.54) is 20.0 Å². The zero-order valence-corrected chi connectivity index (χ0v) is 12.8. The molecule has 1 rings (SSSR count). The Labute approximate surface area is 126 Å². The van der Waals surface area contributed by atoms with Gasteiger partial charge < -0.3 is 14.9 Å². The molecule has 0 spiro atoms. The van der Waals surface area contributed by atoms with Crippen molar-refractivity contribution in [1.29, 1.82) is 0 Å². The van der Waals surface area contributed by atoms with E-state index in [2.05, 4.69) is 0 Å². The van der Waals surface area contributed by atoms with Crippen molar-refractivity contribution in [2.24, 2.45) is 0 Å². The van der Waals surface area contributed by atoms with Gasteiger partial charge in [0.2, 0.25) is 0 Å². The molecule has 0 radical (unpaired) electrons. The third kappa shape index (κ3) is 6.17. The molecule has 4 nitrogen and oxygen atoms in total. The van der Waals surface area contributed by atoms with Gasteiger partial charge in [0, 0.05) is 6.61 Å². The van der Waals surface area contributed by atoms with Crippen molar-refractivity contribution in [3.05, 3.63) is 29.3 Å². The zero-order valence-electron chi connectivity index (χ0n) is 12.8. The Morgan fingerprint density at radius 2 is 1.67 bits per heavy atom. The second-order valence-electron chi connectivity index (χ2n) is 5.25. The molecule has 118 valence electrons. The van der Waals surface area contributed by atoms with Crippen molar-refractivity contribution < 1.29 is 19.7 Å². The monoisotopic (exact) mass is 294 g/mol. The van der Waals surface area contributed by atoms with Crippen LogP contribution >= 0.6 is 0 Å². The fraction of sp³-hybridized carbons (Fsp3) is 0.588. The number of carboxylic acids is 1. The van der Waals surface area contributed by atoms with Gasteiger partial charge in [0.05, 0.1) is 7.11 Å². The van der Waals surface area contributed by atoms with E-state index in [1.54, 1.807) is 6.07 Å². The highest BCUT2D eigenvalue weighted by atomic mass is 16.5. The number of aliphatic hydroxyl groups is 1. The minimum atomic E-state index is -0.925. The maximum Gasteiger partial charge on any atom is 0.339 e. The molecule has 0 amide bonds. The molecule has 0 aromatic heterocycles. The number of methoxy groups -OCH3 is 1. The van der Waals surface area contributed by atoms with E-state index in [4.69, 9.17) is 9.84 Å². The van der Waals surface area contributed by atoms with Crippen LogP contribution in [0.4, 0.5) is 0 Å². The van der Waals surface area contributed by atoms with Gasteiger partial charge in [-0.25, -0.2) is 4.79 Å². The van der Waals surface area contributed by atoms with E-state index >= 15 is 0 Å². The quantitative estimate of drug-likeness (QED) is 0.611. The molecular formula is C17H26O4. The number of unbranched alkanes of at least 4 members (excludes halogenated alkanes) is 6. The van der Waals surface area contributed by atoms with Crippen molar-refractivity contribution in [2.45, 2.75) is 51.4 Å². The van der Waals surface area contributed by atoms with Gasteiger partial charge in [-0.2, -0.15) is 0 Å². The molecule has 0 heterocycles. The predicted molar refractivity (Wildman–Crippen MR) is 83.1 cm³/mol. The molecule has 0 saturated carbocycles. The number of hydrogen-bond donors (Lipinski definition) is 2. The predicted octanol–water partition coefficient (Wildman–Crippen LogP) is 3.66. The molecule has 1 aromatic rings. The Kier molecular flexibility index (Phi) is 8.51. The Morgan fingerprint density at radius 3 is 2.24 bits per heavy atom. The van der Waals surface area contributed by atoms with Crippen LogP contribution in [-0.4, -0.2) is 29.9 Å². The smallest absolute Gasteiger partial charge is 0.339 e. The lowest BCUT2D eigenvalue weighted by atomic mass is 9.99. The first-order chi connectivity index (χ1) is 10.2. The second kappa shape index (κ2) is 10.2. The van der Waals surface area contributed by atoms with E-state index in [0.29, 0.717) is 11.3 Å². The Bertz CT molecular complexity index is 429. The van der Waals surface area contributed by atoms with Gasteiger partial charge in [-0.3, -0.25) is 0 Å². The fourth-order valence-corrected chi connectivity index (χ4v) is 2.51. The van der Waals surface area contributed by atoms with Crippen LogP contribution in [0.3, 0.4) is 0 Å². The van der Waals surface area contributed by atoms with Gasteiger partial charge >= 0.3 is 5.97 Å². The van der Waals surface area contributed by atoms with E-state index in [1.807, 2.05) is 12.1 Å². The number of aliphatic hydroxyl groups excluding tert-OH is 1. The maximum atomic E-state index is 11.3. The molecular weight excluding hydrogens is 268 g/mol. The largest absolute Gasteiger partial charge is 0.496 e. The van der Waals surface area contributed by atoms with Crippen molar-refractivity contribution >= 4 is 5.97 Å². The summed E-state index contributed by atoms with van der Waals surface area (Å²) in [6.45, 7) is 0.286. The zero-order chi connectivity index (χ0) is 15.5. The second-order valence-corrected chi connectivity index (χ2v) is 5.25. The first-order valence-electron chi connectivity index (χ1n) is 7.70. The Hall–Kier alpha value is -1.55. The maximum absolute atomic E-state index is 11.3. The highest BCUT2D eigenvalue weighted by molar-refractivity contribution is 5.92. The fourth-order valence-electron chi connectivity index (χ4n) is 2.51. The van der Waals surface area contributed by atoms with Gasteiger partial charge in [-0.15, -0.1) is 0 Å². The van der Waals surface area contributed by atoms with Gasteiger partial charge in [0.15, 0.2) is 0 Å². The summed E-state index contributed by atoms with van der Waals surface area (Å²) in [5.74, 6) is -0.490. The van der Waals surface area contributed by atoms with Gasteiger partial charge in [-0.1, -0.05) is 44.2 Å². The molecule has 0 aliphatic carbocycles. The van der Waals surface area contributed by atoms with Crippen LogP contribution in [0.25, 0.3) is 0 Å². The number of benzene rings is 1. The molecule has 1 aromatic carbocycles. The SMILES string of the molecule is COc1cccc(CCCCCCCCCO)c1C(=O)O. The molecule has 0 aliphatic rings. The summed E-state index contributed by atoms with van der Waals surface area (Å²) in [4.78, 5) is 11.3. The number of aromatic carboxylic acids is 1. The van der Waals surface area contributed by atoms with Crippen LogP contribution in [0.1, 0.15) is 60.9 Å². The average molecular weight is 294 g/mol. The normalized spacial score (nSPS) is 10.6. The lowest BCUT2D eigenvalue weighted by molar-refractivity contribution is 0.0692. The summed E-state index contributed by atoms with van der Waals surface area (Å²) >= 11 is 0. The summed E-state index contributed by atoms with van der Waals surface area (Å²) in [7, 11) is 1.50. The van der Waals surface area contributed by atoms with Crippen molar-refractivity contribution in [1.82, 2.24) is 0 Å². The number of hydrogen-bond acceptors (Lipinski definition) is 3. The van der Waals surface area contributed by atoms with Crippen molar-refractivity contribution in [3.63, 3.8) is 0 Å². The first kappa shape index (κ1) is 17.5. The first-order valence-corrected chi connectivity index (χ1v) is 7.70. The lowest BCUT2D eigenvalue weighted by Crippen LogP contribution is -2.05. The Morgan fingerprint density at radius 1 is 1.05 bits per heavy atom.